The van der Waals surface area contributed by atoms with Crippen LogP contribution in [0.5, 0.6) is 0 Å². The first kappa shape index (κ1) is 15.1. The van der Waals surface area contributed by atoms with Gasteiger partial charge in [-0.3, -0.25) is 9.69 Å². The first-order valence-electron chi connectivity index (χ1n) is 6.38. The number of halogens is 1. The fourth-order valence-corrected chi connectivity index (χ4v) is 2.30. The van der Waals surface area contributed by atoms with Crippen molar-refractivity contribution in [3.63, 3.8) is 0 Å². The Balaban J connectivity index is 1.88. The maximum absolute atomic E-state index is 12.0. The number of nitrogens with one attached hydrogen (secondary N) is 1. The molecule has 1 atom stereocenters. The van der Waals surface area contributed by atoms with Crippen LogP contribution in [0.25, 0.3) is 0 Å². The minimum absolute atomic E-state index is 0.0398. The predicted molar refractivity (Wildman–Crippen MR) is 77.8 cm³/mol. The van der Waals surface area contributed by atoms with Crippen molar-refractivity contribution in [2.75, 3.05) is 43.9 Å². The molecule has 1 amide bonds. The lowest BCUT2D eigenvalue weighted by Gasteiger charge is -2.31. The summed E-state index contributed by atoms with van der Waals surface area (Å²) in [7, 11) is 0. The summed E-state index contributed by atoms with van der Waals surface area (Å²) in [5, 5.41) is 12.2. The van der Waals surface area contributed by atoms with E-state index in [-0.39, 0.29) is 25.2 Å². The van der Waals surface area contributed by atoms with E-state index in [0.29, 0.717) is 36.1 Å². The highest BCUT2D eigenvalue weighted by Gasteiger charge is 2.21. The lowest BCUT2D eigenvalue weighted by Crippen LogP contribution is -2.46. The Labute approximate surface area is 122 Å². The van der Waals surface area contributed by atoms with Crippen molar-refractivity contribution < 1.29 is 14.6 Å². The molecule has 0 aromatic heterocycles. The van der Waals surface area contributed by atoms with E-state index in [9.17, 15) is 4.79 Å². The first-order valence-corrected chi connectivity index (χ1v) is 6.76. The fraction of sp³-hybridized carbons (Fsp3) is 0.462. The molecule has 1 heterocycles. The van der Waals surface area contributed by atoms with Crippen LogP contribution >= 0.6 is 11.6 Å². The van der Waals surface area contributed by atoms with Gasteiger partial charge in [-0.15, -0.1) is 0 Å². The quantitative estimate of drug-likeness (QED) is 0.707. The maximum atomic E-state index is 12.0. The summed E-state index contributed by atoms with van der Waals surface area (Å²) in [5.74, 6) is -0.157. The topological polar surface area (TPSA) is 87.8 Å². The number of aliphatic hydroxyl groups excluding tert-OH is 1. The van der Waals surface area contributed by atoms with Crippen LogP contribution in [0.3, 0.4) is 0 Å². The Bertz CT molecular complexity index is 484. The number of carbonyl (C=O) groups excluding carboxylic acids is 1. The summed E-state index contributed by atoms with van der Waals surface area (Å²) in [6, 6.07) is 4.94. The molecule has 0 aliphatic carbocycles. The third-order valence-corrected chi connectivity index (χ3v) is 3.37. The number of benzene rings is 1. The van der Waals surface area contributed by atoms with Crippen LogP contribution < -0.4 is 11.1 Å². The SMILES string of the molecule is Nc1ccc(NC(=O)CN2CCOC(CO)C2)c(Cl)c1. The second kappa shape index (κ2) is 6.90. The first-order chi connectivity index (χ1) is 9.58. The largest absolute Gasteiger partial charge is 0.399 e. The molecule has 0 spiro atoms. The van der Waals surface area contributed by atoms with Gasteiger partial charge in [-0.2, -0.15) is 0 Å². The number of anilines is 2. The summed E-state index contributed by atoms with van der Waals surface area (Å²) < 4.78 is 5.33. The van der Waals surface area contributed by atoms with Crippen LogP contribution in [0.15, 0.2) is 18.2 Å². The van der Waals surface area contributed by atoms with E-state index in [1.165, 1.54) is 0 Å². The van der Waals surface area contributed by atoms with Crippen molar-refractivity contribution in [1.82, 2.24) is 4.90 Å². The number of morpholine rings is 1. The fourth-order valence-electron chi connectivity index (χ4n) is 2.06. The average molecular weight is 300 g/mol. The predicted octanol–water partition coefficient (Wildman–Crippen LogP) is 0.554. The summed E-state index contributed by atoms with van der Waals surface area (Å²) in [6.45, 7) is 1.92. The molecule has 1 aromatic carbocycles. The van der Waals surface area contributed by atoms with Gasteiger partial charge >= 0.3 is 0 Å². The van der Waals surface area contributed by atoms with E-state index < -0.39 is 0 Å². The van der Waals surface area contributed by atoms with Gasteiger partial charge in [0.25, 0.3) is 0 Å². The highest BCUT2D eigenvalue weighted by Crippen LogP contribution is 2.23. The van der Waals surface area contributed by atoms with Crippen molar-refractivity contribution in [2.45, 2.75) is 6.10 Å². The van der Waals surface area contributed by atoms with Crippen molar-refractivity contribution in [1.29, 1.82) is 0 Å². The van der Waals surface area contributed by atoms with Gasteiger partial charge in [0, 0.05) is 18.8 Å². The highest BCUT2D eigenvalue weighted by atomic mass is 35.5. The Morgan fingerprint density at radius 3 is 3.10 bits per heavy atom. The zero-order chi connectivity index (χ0) is 14.5. The zero-order valence-corrected chi connectivity index (χ0v) is 11.8. The van der Waals surface area contributed by atoms with E-state index in [1.807, 2.05) is 4.90 Å². The van der Waals surface area contributed by atoms with Crippen LogP contribution in [0, 0.1) is 0 Å². The van der Waals surface area contributed by atoms with E-state index >= 15 is 0 Å². The van der Waals surface area contributed by atoms with E-state index in [1.54, 1.807) is 18.2 Å². The molecule has 1 aliphatic rings. The molecule has 6 nitrogen and oxygen atoms in total. The molecule has 4 N–H and O–H groups in total. The number of amides is 1. The summed E-state index contributed by atoms with van der Waals surface area (Å²) in [5.41, 5.74) is 6.68. The summed E-state index contributed by atoms with van der Waals surface area (Å²) in [6.07, 6.45) is -0.225. The summed E-state index contributed by atoms with van der Waals surface area (Å²) in [4.78, 5) is 13.9. The smallest absolute Gasteiger partial charge is 0.238 e. The molecule has 1 saturated heterocycles. The number of hydrogen-bond acceptors (Lipinski definition) is 5. The molecule has 1 aromatic rings. The van der Waals surface area contributed by atoms with Gasteiger partial charge in [-0.05, 0) is 18.2 Å². The van der Waals surface area contributed by atoms with Gasteiger partial charge in [-0.25, -0.2) is 0 Å². The van der Waals surface area contributed by atoms with Crippen LogP contribution in [-0.2, 0) is 9.53 Å². The lowest BCUT2D eigenvalue weighted by atomic mass is 10.2. The van der Waals surface area contributed by atoms with Gasteiger partial charge in [-0.1, -0.05) is 11.6 Å². The molecule has 20 heavy (non-hydrogen) atoms. The van der Waals surface area contributed by atoms with Gasteiger partial charge in [0.2, 0.25) is 5.91 Å². The molecule has 0 saturated carbocycles. The molecule has 0 bridgehead atoms. The number of nitrogens with zero attached hydrogens (tertiary/aromatic N) is 1. The normalized spacial score (nSPS) is 19.8. The summed E-state index contributed by atoms with van der Waals surface area (Å²) >= 11 is 6.00. The van der Waals surface area contributed by atoms with Crippen molar-refractivity contribution in [3.8, 4) is 0 Å². The van der Waals surface area contributed by atoms with Gasteiger partial charge in [0.1, 0.15) is 0 Å². The number of carbonyl (C=O) groups is 1. The van der Waals surface area contributed by atoms with Gasteiger partial charge in [0.05, 0.1) is 36.6 Å². The number of nitrogens with two attached hydrogens (primary N) is 1. The van der Waals surface area contributed by atoms with Crippen LogP contribution in [0.1, 0.15) is 0 Å². The number of rotatable bonds is 4. The third-order valence-electron chi connectivity index (χ3n) is 3.06. The molecule has 7 heteroatoms. The second-order valence-electron chi connectivity index (χ2n) is 4.70. The van der Waals surface area contributed by atoms with Crippen LogP contribution in [-0.4, -0.2) is 54.9 Å². The van der Waals surface area contributed by atoms with Gasteiger partial charge in [0.15, 0.2) is 0 Å². The molecule has 1 aliphatic heterocycles. The van der Waals surface area contributed by atoms with E-state index in [2.05, 4.69) is 5.32 Å². The highest BCUT2D eigenvalue weighted by molar-refractivity contribution is 6.34. The van der Waals surface area contributed by atoms with Crippen molar-refractivity contribution >= 4 is 28.9 Å². The Morgan fingerprint density at radius 2 is 2.40 bits per heavy atom. The monoisotopic (exact) mass is 299 g/mol. The molecule has 1 fully saturated rings. The number of hydrogen-bond donors (Lipinski definition) is 3. The average Bonchev–Trinajstić information content (AvgIpc) is 2.42. The third kappa shape index (κ3) is 4.08. The molecule has 110 valence electrons. The zero-order valence-electron chi connectivity index (χ0n) is 11.0. The number of nitrogen functional groups attached to an aromatic ring is 1. The Hall–Kier alpha value is -1.34. The second-order valence-corrected chi connectivity index (χ2v) is 5.11. The van der Waals surface area contributed by atoms with Crippen LogP contribution in [0.2, 0.25) is 5.02 Å². The molecule has 0 radical (unpaired) electrons. The van der Waals surface area contributed by atoms with Crippen molar-refractivity contribution in [3.05, 3.63) is 23.2 Å². The standard InChI is InChI=1S/C13H18ClN3O3/c14-11-5-9(15)1-2-12(11)16-13(19)7-17-3-4-20-10(6-17)8-18/h1-2,5,10,18H,3-4,6-8,15H2,(H,16,19). The number of aliphatic hydroxyl groups is 1. The Morgan fingerprint density at radius 1 is 1.60 bits per heavy atom. The Kier molecular flexibility index (Phi) is 5.19. The minimum atomic E-state index is -0.225. The molecule has 1 unspecified atom stereocenters. The molecular formula is C13H18ClN3O3. The van der Waals surface area contributed by atoms with Crippen LogP contribution in [0.4, 0.5) is 11.4 Å². The lowest BCUT2D eigenvalue weighted by molar-refractivity contribution is -0.120. The number of ether oxygens (including phenoxy) is 1. The van der Waals surface area contributed by atoms with E-state index in [4.69, 9.17) is 27.2 Å². The maximum Gasteiger partial charge on any atom is 0.238 e. The molecular weight excluding hydrogens is 282 g/mol. The molecule has 2 rings (SSSR count). The van der Waals surface area contributed by atoms with E-state index in [0.717, 1.165) is 0 Å². The minimum Gasteiger partial charge on any atom is -0.399 e. The van der Waals surface area contributed by atoms with Crippen molar-refractivity contribution in [2.24, 2.45) is 0 Å². The van der Waals surface area contributed by atoms with Gasteiger partial charge < -0.3 is 20.9 Å².